The Morgan fingerprint density at radius 2 is 2.18 bits per heavy atom. The van der Waals surface area contributed by atoms with Crippen molar-refractivity contribution in [2.24, 2.45) is 0 Å². The van der Waals surface area contributed by atoms with Gasteiger partial charge in [-0.3, -0.25) is 9.78 Å². The first-order chi connectivity index (χ1) is 5.11. The van der Waals surface area contributed by atoms with Gasteiger partial charge in [-0.15, -0.1) is 0 Å². The molecule has 0 spiro atoms. The molecule has 1 heterocycles. The molecule has 0 aliphatic rings. The summed E-state index contributed by atoms with van der Waals surface area (Å²) in [5.41, 5.74) is 2.36. The lowest BCUT2D eigenvalue weighted by Crippen LogP contribution is -1.94. The zero-order chi connectivity index (χ0) is 8.43. The van der Waals surface area contributed by atoms with Gasteiger partial charge in [-0.2, -0.15) is 0 Å². The van der Waals surface area contributed by atoms with Crippen LogP contribution in [0.5, 0.6) is 0 Å². The molecule has 58 valence electrons. The molecule has 0 aliphatic heterocycles. The van der Waals surface area contributed by atoms with E-state index >= 15 is 0 Å². The molecule has 0 atom stereocenters. The van der Waals surface area contributed by atoms with E-state index in [0.29, 0.717) is 5.56 Å². The highest BCUT2D eigenvalue weighted by Gasteiger charge is 2.02. The molecule has 0 bridgehead atoms. The number of aromatic nitrogens is 1. The minimum absolute atomic E-state index is 0.453. The fraction of sp³-hybridized carbons (Fsp3) is 0.250. The van der Waals surface area contributed by atoms with Crippen LogP contribution in [0.25, 0.3) is 0 Å². The molecule has 1 rings (SSSR count). The first-order valence-corrected chi connectivity index (χ1v) is 3.62. The molecule has 2 nitrogen and oxygen atoms in total. The Hall–Kier alpha value is -0.890. The molecule has 0 fully saturated rings. The van der Waals surface area contributed by atoms with Gasteiger partial charge in [0.2, 0.25) is 0 Å². The predicted molar refractivity (Wildman–Crippen MR) is 43.9 cm³/mol. The number of halogens is 1. The van der Waals surface area contributed by atoms with E-state index in [0.717, 1.165) is 11.3 Å². The molecule has 11 heavy (non-hydrogen) atoms. The smallest absolute Gasteiger partial charge is 0.253 e. The first kappa shape index (κ1) is 8.21. The predicted octanol–water partition coefficient (Wildman–Crippen LogP) is 2.08. The molecule has 0 aromatic carbocycles. The van der Waals surface area contributed by atoms with Crippen LogP contribution < -0.4 is 0 Å². The van der Waals surface area contributed by atoms with Crippen molar-refractivity contribution in [3.8, 4) is 0 Å². The number of hydrogen-bond acceptors (Lipinski definition) is 2. The van der Waals surface area contributed by atoms with Gasteiger partial charge in [0.1, 0.15) is 0 Å². The number of rotatable bonds is 1. The Morgan fingerprint density at radius 3 is 2.64 bits per heavy atom. The summed E-state index contributed by atoms with van der Waals surface area (Å²) in [6.45, 7) is 3.78. The minimum Gasteiger partial charge on any atom is -0.276 e. The first-order valence-electron chi connectivity index (χ1n) is 3.24. The van der Waals surface area contributed by atoms with Crippen LogP contribution in [0.1, 0.15) is 21.6 Å². The van der Waals surface area contributed by atoms with Gasteiger partial charge in [0, 0.05) is 11.9 Å². The molecule has 0 saturated carbocycles. The van der Waals surface area contributed by atoms with Gasteiger partial charge in [0.15, 0.2) is 0 Å². The van der Waals surface area contributed by atoms with E-state index in [1.807, 2.05) is 13.8 Å². The summed E-state index contributed by atoms with van der Waals surface area (Å²) in [5.74, 6) is 0. The molecule has 0 unspecified atom stereocenters. The van der Waals surface area contributed by atoms with Crippen LogP contribution in [-0.4, -0.2) is 10.2 Å². The average Bonchev–Trinajstić information content (AvgIpc) is 1.94. The molecule has 0 radical (unpaired) electrons. The van der Waals surface area contributed by atoms with Crippen LogP contribution >= 0.6 is 11.6 Å². The van der Waals surface area contributed by atoms with Crippen molar-refractivity contribution < 1.29 is 4.79 Å². The summed E-state index contributed by atoms with van der Waals surface area (Å²) in [6, 6.07) is 1.73. The van der Waals surface area contributed by atoms with E-state index in [2.05, 4.69) is 4.98 Å². The summed E-state index contributed by atoms with van der Waals surface area (Å²) in [7, 11) is 0. The Balaban J connectivity index is 3.15. The number of pyridine rings is 1. The monoisotopic (exact) mass is 169 g/mol. The second kappa shape index (κ2) is 3.01. The molecule has 1 aromatic rings. The summed E-state index contributed by atoms with van der Waals surface area (Å²) in [6.07, 6.45) is 1.48. The molecule has 1 aromatic heterocycles. The highest BCUT2D eigenvalue weighted by Crippen LogP contribution is 2.08. The summed E-state index contributed by atoms with van der Waals surface area (Å²) in [4.78, 5) is 14.6. The van der Waals surface area contributed by atoms with E-state index in [1.165, 1.54) is 6.20 Å². The largest absolute Gasteiger partial charge is 0.276 e. The molecular weight excluding hydrogens is 162 g/mol. The van der Waals surface area contributed by atoms with E-state index in [-0.39, 0.29) is 0 Å². The molecule has 3 heteroatoms. The van der Waals surface area contributed by atoms with Crippen molar-refractivity contribution in [3.05, 3.63) is 29.1 Å². The zero-order valence-electron chi connectivity index (χ0n) is 6.39. The number of hydrogen-bond donors (Lipinski definition) is 0. The fourth-order valence-corrected chi connectivity index (χ4v) is 0.854. The van der Waals surface area contributed by atoms with Gasteiger partial charge in [0.25, 0.3) is 5.24 Å². The Kier molecular flexibility index (Phi) is 2.25. The Bertz CT molecular complexity index is 296. The third-order valence-corrected chi connectivity index (χ3v) is 1.79. The zero-order valence-corrected chi connectivity index (χ0v) is 7.14. The fourth-order valence-electron chi connectivity index (χ4n) is 0.751. The lowest BCUT2D eigenvalue weighted by atomic mass is 10.2. The van der Waals surface area contributed by atoms with Crippen molar-refractivity contribution in [3.63, 3.8) is 0 Å². The normalized spacial score (nSPS) is 9.73. The molecule has 0 saturated heterocycles. The lowest BCUT2D eigenvalue weighted by Gasteiger charge is -1.98. The summed E-state index contributed by atoms with van der Waals surface area (Å²) in [5, 5.41) is -0.458. The number of nitrogens with zero attached hydrogens (tertiary/aromatic N) is 1. The van der Waals surface area contributed by atoms with Crippen molar-refractivity contribution in [2.75, 3.05) is 0 Å². The third kappa shape index (κ3) is 1.77. The van der Waals surface area contributed by atoms with E-state index < -0.39 is 5.24 Å². The second-order valence-corrected chi connectivity index (χ2v) is 2.74. The maximum Gasteiger partial charge on any atom is 0.253 e. The minimum atomic E-state index is -0.458. The standard InChI is InChI=1S/C8H8ClNO/c1-5-3-7(8(9)11)4-10-6(5)2/h3-4H,1-2H3. The second-order valence-electron chi connectivity index (χ2n) is 2.40. The molecular formula is C8H8ClNO. The maximum absolute atomic E-state index is 10.6. The van der Waals surface area contributed by atoms with Crippen LogP contribution in [0.2, 0.25) is 0 Å². The van der Waals surface area contributed by atoms with Crippen LogP contribution in [0.3, 0.4) is 0 Å². The van der Waals surface area contributed by atoms with Crippen LogP contribution in [0.4, 0.5) is 0 Å². The van der Waals surface area contributed by atoms with Crippen LogP contribution in [-0.2, 0) is 0 Å². The van der Waals surface area contributed by atoms with Crippen molar-refractivity contribution in [1.82, 2.24) is 4.98 Å². The van der Waals surface area contributed by atoms with Gasteiger partial charge in [-0.25, -0.2) is 0 Å². The lowest BCUT2D eigenvalue weighted by molar-refractivity contribution is 0.108. The van der Waals surface area contributed by atoms with Gasteiger partial charge in [-0.05, 0) is 37.1 Å². The summed E-state index contributed by atoms with van der Waals surface area (Å²) >= 11 is 5.25. The van der Waals surface area contributed by atoms with E-state index in [4.69, 9.17) is 11.6 Å². The van der Waals surface area contributed by atoms with Gasteiger partial charge < -0.3 is 0 Å². The van der Waals surface area contributed by atoms with E-state index in [1.54, 1.807) is 6.07 Å². The highest BCUT2D eigenvalue weighted by molar-refractivity contribution is 6.67. The SMILES string of the molecule is Cc1cc(C(=O)Cl)cnc1C. The van der Waals surface area contributed by atoms with Gasteiger partial charge in [-0.1, -0.05) is 0 Å². The number of carbonyl (C=O) groups excluding carboxylic acids is 1. The third-order valence-electron chi connectivity index (χ3n) is 1.57. The highest BCUT2D eigenvalue weighted by atomic mass is 35.5. The van der Waals surface area contributed by atoms with Crippen LogP contribution in [0.15, 0.2) is 12.3 Å². The molecule has 0 aliphatic carbocycles. The number of aryl methyl sites for hydroxylation is 2. The quantitative estimate of drug-likeness (QED) is 0.603. The maximum atomic E-state index is 10.6. The Morgan fingerprint density at radius 1 is 1.55 bits per heavy atom. The van der Waals surface area contributed by atoms with Gasteiger partial charge in [0.05, 0.1) is 5.56 Å². The van der Waals surface area contributed by atoms with Crippen molar-refractivity contribution in [1.29, 1.82) is 0 Å². The van der Waals surface area contributed by atoms with Gasteiger partial charge >= 0.3 is 0 Å². The molecule has 0 amide bonds. The Labute approximate surface area is 70.2 Å². The topological polar surface area (TPSA) is 30.0 Å². The molecule has 0 N–H and O–H groups in total. The van der Waals surface area contributed by atoms with Crippen molar-refractivity contribution >= 4 is 16.8 Å². The average molecular weight is 170 g/mol. The van der Waals surface area contributed by atoms with Crippen LogP contribution in [0, 0.1) is 13.8 Å². The van der Waals surface area contributed by atoms with E-state index in [9.17, 15) is 4.79 Å². The summed E-state index contributed by atoms with van der Waals surface area (Å²) < 4.78 is 0. The van der Waals surface area contributed by atoms with Crippen molar-refractivity contribution in [2.45, 2.75) is 13.8 Å². The number of carbonyl (C=O) groups is 1.